The van der Waals surface area contributed by atoms with Crippen LogP contribution in [0.15, 0.2) is 24.3 Å². The summed E-state index contributed by atoms with van der Waals surface area (Å²) >= 11 is 0. The number of hydrogen-bond donors (Lipinski definition) is 2. The van der Waals surface area contributed by atoms with Gasteiger partial charge in [-0.2, -0.15) is 0 Å². The average Bonchev–Trinajstić information content (AvgIpc) is 2.53. The van der Waals surface area contributed by atoms with Gasteiger partial charge in [-0.05, 0) is 37.0 Å². The Hall–Kier alpha value is -1.55. The molecule has 1 amide bonds. The molecule has 2 N–H and O–H groups in total. The Morgan fingerprint density at radius 1 is 1.40 bits per heavy atom. The molecule has 110 valence electrons. The van der Waals surface area contributed by atoms with E-state index in [-0.39, 0.29) is 5.91 Å². The molecule has 0 aliphatic heterocycles. The van der Waals surface area contributed by atoms with Gasteiger partial charge in [0.15, 0.2) is 0 Å². The molecule has 1 unspecified atom stereocenters. The first-order valence-corrected chi connectivity index (χ1v) is 7.31. The summed E-state index contributed by atoms with van der Waals surface area (Å²) in [7, 11) is 1.57. The molecule has 1 atom stereocenters. The van der Waals surface area contributed by atoms with E-state index in [2.05, 4.69) is 5.32 Å². The molecule has 0 saturated heterocycles. The fourth-order valence-corrected chi connectivity index (χ4v) is 2.75. The van der Waals surface area contributed by atoms with Crippen LogP contribution in [0.1, 0.15) is 42.5 Å². The largest absolute Gasteiger partial charge is 0.497 e. The van der Waals surface area contributed by atoms with Gasteiger partial charge in [-0.15, -0.1) is 0 Å². The normalized spacial score (nSPS) is 17.5. The highest BCUT2D eigenvalue weighted by atomic mass is 16.5. The lowest BCUT2D eigenvalue weighted by molar-refractivity contribution is 0.0738. The fraction of sp³-hybridized carbons (Fsp3) is 0.562. The van der Waals surface area contributed by atoms with E-state index in [4.69, 9.17) is 4.74 Å². The molecule has 1 aromatic rings. The van der Waals surface area contributed by atoms with E-state index in [0.717, 1.165) is 12.8 Å². The van der Waals surface area contributed by atoms with E-state index in [1.54, 1.807) is 31.4 Å². The molecule has 4 heteroatoms. The summed E-state index contributed by atoms with van der Waals surface area (Å²) in [5.41, 5.74) is 0.556. The van der Waals surface area contributed by atoms with Crippen molar-refractivity contribution in [2.75, 3.05) is 13.7 Å². The number of nitrogens with one attached hydrogen (secondary N) is 1. The van der Waals surface area contributed by atoms with Crippen LogP contribution in [0.5, 0.6) is 5.75 Å². The first-order valence-electron chi connectivity index (χ1n) is 7.31. The van der Waals surface area contributed by atoms with Gasteiger partial charge in [-0.3, -0.25) is 4.79 Å². The van der Waals surface area contributed by atoms with Crippen LogP contribution in [-0.2, 0) is 0 Å². The molecule has 1 fully saturated rings. The van der Waals surface area contributed by atoms with Crippen LogP contribution < -0.4 is 10.1 Å². The summed E-state index contributed by atoms with van der Waals surface area (Å²) in [6, 6.07) is 7.02. The number of methoxy groups -OCH3 is 1. The van der Waals surface area contributed by atoms with Crippen molar-refractivity contribution < 1.29 is 14.6 Å². The van der Waals surface area contributed by atoms with E-state index >= 15 is 0 Å². The highest BCUT2D eigenvalue weighted by Crippen LogP contribution is 2.26. The number of carbonyl (C=O) groups is 1. The Bertz CT molecular complexity index is 441. The standard InChI is InChI=1S/C16H23NO3/c1-20-14-9-5-8-13(10-14)16(19)17-11-15(18)12-6-3-2-4-7-12/h5,8-10,12,15,18H,2-4,6-7,11H2,1H3,(H,17,19). The number of ether oxygens (including phenoxy) is 1. The van der Waals surface area contributed by atoms with E-state index < -0.39 is 6.10 Å². The second-order valence-electron chi connectivity index (χ2n) is 5.41. The van der Waals surface area contributed by atoms with E-state index in [0.29, 0.717) is 23.8 Å². The van der Waals surface area contributed by atoms with Gasteiger partial charge in [0.1, 0.15) is 5.75 Å². The van der Waals surface area contributed by atoms with Crippen LogP contribution in [0.2, 0.25) is 0 Å². The minimum atomic E-state index is -0.440. The number of amides is 1. The molecule has 0 bridgehead atoms. The summed E-state index contributed by atoms with van der Waals surface area (Å²) in [5, 5.41) is 12.9. The van der Waals surface area contributed by atoms with Crippen molar-refractivity contribution in [3.05, 3.63) is 29.8 Å². The molecule has 1 aliphatic carbocycles. The van der Waals surface area contributed by atoms with Crippen LogP contribution >= 0.6 is 0 Å². The average molecular weight is 277 g/mol. The third kappa shape index (κ3) is 3.97. The molecule has 0 spiro atoms. The molecule has 20 heavy (non-hydrogen) atoms. The third-order valence-corrected chi connectivity index (χ3v) is 4.00. The van der Waals surface area contributed by atoms with Gasteiger partial charge in [0.05, 0.1) is 13.2 Å². The van der Waals surface area contributed by atoms with Crippen molar-refractivity contribution in [1.82, 2.24) is 5.32 Å². The van der Waals surface area contributed by atoms with Crippen molar-refractivity contribution in [3.63, 3.8) is 0 Å². The maximum absolute atomic E-state index is 12.0. The molecule has 2 rings (SSSR count). The third-order valence-electron chi connectivity index (χ3n) is 4.00. The summed E-state index contributed by atoms with van der Waals surface area (Å²) in [4.78, 5) is 12.0. The van der Waals surface area contributed by atoms with Crippen molar-refractivity contribution in [2.45, 2.75) is 38.2 Å². The molecule has 0 heterocycles. The molecule has 0 aromatic heterocycles. The maximum atomic E-state index is 12.0. The van der Waals surface area contributed by atoms with Crippen LogP contribution in [0.3, 0.4) is 0 Å². The van der Waals surface area contributed by atoms with E-state index in [1.807, 2.05) is 0 Å². The number of hydrogen-bond acceptors (Lipinski definition) is 3. The van der Waals surface area contributed by atoms with Crippen molar-refractivity contribution in [2.24, 2.45) is 5.92 Å². The number of benzene rings is 1. The monoisotopic (exact) mass is 277 g/mol. The predicted octanol–water partition coefficient (Wildman–Crippen LogP) is 2.37. The van der Waals surface area contributed by atoms with Gasteiger partial charge in [0.2, 0.25) is 0 Å². The number of aliphatic hydroxyl groups is 1. The molecule has 1 aromatic carbocycles. The first-order chi connectivity index (χ1) is 9.70. The predicted molar refractivity (Wildman–Crippen MR) is 77.9 cm³/mol. The van der Waals surface area contributed by atoms with Crippen LogP contribution in [-0.4, -0.2) is 30.8 Å². The quantitative estimate of drug-likeness (QED) is 0.868. The fourth-order valence-electron chi connectivity index (χ4n) is 2.75. The summed E-state index contributed by atoms with van der Waals surface area (Å²) in [6.07, 6.45) is 5.33. The maximum Gasteiger partial charge on any atom is 0.251 e. The first kappa shape index (κ1) is 14.9. The molecule has 1 saturated carbocycles. The molecule has 1 aliphatic rings. The number of carbonyl (C=O) groups excluding carboxylic acids is 1. The summed E-state index contributed by atoms with van der Waals surface area (Å²) in [5.74, 6) is 0.818. The SMILES string of the molecule is COc1cccc(C(=O)NCC(O)C2CCCCC2)c1. The van der Waals surface area contributed by atoms with Crippen LogP contribution in [0.4, 0.5) is 0 Å². The van der Waals surface area contributed by atoms with Crippen LogP contribution in [0.25, 0.3) is 0 Å². The molecule has 4 nitrogen and oxygen atoms in total. The van der Waals surface area contributed by atoms with Crippen molar-refractivity contribution in [1.29, 1.82) is 0 Å². The molecular weight excluding hydrogens is 254 g/mol. The van der Waals surface area contributed by atoms with Gasteiger partial charge in [-0.1, -0.05) is 25.3 Å². The topological polar surface area (TPSA) is 58.6 Å². The van der Waals surface area contributed by atoms with Crippen molar-refractivity contribution >= 4 is 5.91 Å². The lowest BCUT2D eigenvalue weighted by Gasteiger charge is -2.26. The molecular formula is C16H23NO3. The zero-order valence-electron chi connectivity index (χ0n) is 12.0. The Balaban J connectivity index is 1.84. The Kier molecular flexibility index (Phi) is 5.41. The van der Waals surface area contributed by atoms with Gasteiger partial charge in [-0.25, -0.2) is 0 Å². The molecule has 0 radical (unpaired) electrons. The summed E-state index contributed by atoms with van der Waals surface area (Å²) in [6.45, 7) is 0.320. The lowest BCUT2D eigenvalue weighted by atomic mass is 9.85. The number of rotatable bonds is 5. The second-order valence-corrected chi connectivity index (χ2v) is 5.41. The minimum Gasteiger partial charge on any atom is -0.497 e. The van der Waals surface area contributed by atoms with Gasteiger partial charge < -0.3 is 15.2 Å². The van der Waals surface area contributed by atoms with Gasteiger partial charge in [0, 0.05) is 12.1 Å². The summed E-state index contributed by atoms with van der Waals surface area (Å²) < 4.78 is 5.10. The van der Waals surface area contributed by atoms with Gasteiger partial charge >= 0.3 is 0 Å². The van der Waals surface area contributed by atoms with E-state index in [1.165, 1.54) is 19.3 Å². The van der Waals surface area contributed by atoms with E-state index in [9.17, 15) is 9.90 Å². The Labute approximate surface area is 120 Å². The zero-order chi connectivity index (χ0) is 14.4. The Morgan fingerprint density at radius 3 is 2.85 bits per heavy atom. The van der Waals surface area contributed by atoms with Gasteiger partial charge in [0.25, 0.3) is 5.91 Å². The van der Waals surface area contributed by atoms with Crippen molar-refractivity contribution in [3.8, 4) is 5.75 Å². The number of aliphatic hydroxyl groups excluding tert-OH is 1. The highest BCUT2D eigenvalue weighted by Gasteiger charge is 2.22. The highest BCUT2D eigenvalue weighted by molar-refractivity contribution is 5.94. The minimum absolute atomic E-state index is 0.168. The second kappa shape index (κ2) is 7.29. The smallest absolute Gasteiger partial charge is 0.251 e. The lowest BCUT2D eigenvalue weighted by Crippen LogP contribution is -2.37. The Morgan fingerprint density at radius 2 is 2.15 bits per heavy atom. The van der Waals surface area contributed by atoms with Crippen LogP contribution in [0, 0.1) is 5.92 Å². The zero-order valence-corrected chi connectivity index (χ0v) is 12.0.